The Morgan fingerprint density at radius 2 is 1.84 bits per heavy atom. The number of aryl methyl sites for hydroxylation is 1. The van der Waals surface area contributed by atoms with E-state index in [9.17, 15) is 15.0 Å². The molecular formula is C36H37ClNNaO3S. The third-order valence-electron chi connectivity index (χ3n) is 8.28. The number of rotatable bonds is 12. The number of hydrogen-bond donors (Lipinski definition) is 1. The van der Waals surface area contributed by atoms with Crippen molar-refractivity contribution in [2.45, 2.75) is 63.2 Å². The number of thioether (sulfide) groups is 1. The Balaban J connectivity index is 0.00000423. The number of nitrogens with zero attached hydrogens (tertiary/aromatic N) is 1. The normalized spacial score (nSPS) is 15.2. The minimum absolute atomic E-state index is 0. The fraction of sp³-hybridized carbons (Fsp3) is 0.333. The summed E-state index contributed by atoms with van der Waals surface area (Å²) in [6.07, 6.45) is 8.87. The second kappa shape index (κ2) is 14.8. The zero-order valence-electron chi connectivity index (χ0n) is 25.2. The second-order valence-electron chi connectivity index (χ2n) is 12.0. The molecule has 1 aliphatic rings. The van der Waals surface area contributed by atoms with Gasteiger partial charge in [-0.25, -0.2) is 4.98 Å². The zero-order chi connectivity index (χ0) is 29.7. The molecule has 1 saturated carbocycles. The van der Waals surface area contributed by atoms with Crippen molar-refractivity contribution >= 4 is 52.4 Å². The van der Waals surface area contributed by atoms with Crippen molar-refractivity contribution in [3.8, 4) is 0 Å². The quantitative estimate of drug-likeness (QED) is 0.225. The molecule has 1 aliphatic carbocycles. The van der Waals surface area contributed by atoms with E-state index >= 15 is 0 Å². The number of fused-ring (bicyclic) bond motifs is 1. The molecule has 43 heavy (non-hydrogen) atoms. The summed E-state index contributed by atoms with van der Waals surface area (Å²) in [4.78, 5) is 16.3. The molecule has 0 unspecified atom stereocenters. The average molecular weight is 622 g/mol. The molecule has 0 saturated heterocycles. The number of hydrogen-bond acceptors (Lipinski definition) is 5. The molecule has 0 spiro atoms. The van der Waals surface area contributed by atoms with Crippen LogP contribution in [0.1, 0.15) is 79.1 Å². The van der Waals surface area contributed by atoms with Crippen molar-refractivity contribution in [2.75, 3.05) is 5.75 Å². The number of carbonyl (C=O) groups excluding carboxylic acids is 1. The topological polar surface area (TPSA) is 73.2 Å². The van der Waals surface area contributed by atoms with Gasteiger partial charge in [-0.2, -0.15) is 11.8 Å². The first-order valence-electron chi connectivity index (χ1n) is 14.6. The van der Waals surface area contributed by atoms with Crippen LogP contribution in [0.4, 0.5) is 0 Å². The molecule has 1 fully saturated rings. The monoisotopic (exact) mass is 621 g/mol. The number of pyridine rings is 1. The SMILES string of the molecule is CC(C)(O)c1ccccc1CC[C@@H](SCC1(CC(=O)[O-])CCC1)c1cccc(/C=C/c2ccc3ccc(Cl)cc3n2)c1.[Na+]. The standard InChI is InChI=1S/C36H38ClNO3S.Na/c1-35(2,41)31-10-4-3-8-26(31)14-18-33(42-24-36(19-6-20-36)23-34(39)40)28-9-5-7-25(21-28)11-16-30-17-13-27-12-15-29(37)22-32(27)38-30;/h3-5,7-13,15-17,21-22,33,41H,6,14,18-20,23-24H2,1-2H3,(H,39,40);/q;+1/p-1/b16-11+;/t33-;/m1./s1. The molecule has 3 aromatic carbocycles. The zero-order valence-corrected chi connectivity index (χ0v) is 28.8. The molecule has 0 bridgehead atoms. The van der Waals surface area contributed by atoms with Crippen LogP contribution in [0.15, 0.2) is 78.9 Å². The van der Waals surface area contributed by atoms with Gasteiger partial charge in [0.2, 0.25) is 0 Å². The molecule has 5 rings (SSSR count). The van der Waals surface area contributed by atoms with Gasteiger partial charge in [-0.05, 0) is 104 Å². The number of carboxylic acid groups (broad SMARTS) is 1. The number of benzene rings is 3. The first kappa shape index (κ1) is 33.8. The van der Waals surface area contributed by atoms with Gasteiger partial charge in [0, 0.05) is 21.6 Å². The number of aromatic nitrogens is 1. The first-order valence-corrected chi connectivity index (χ1v) is 16.0. The van der Waals surface area contributed by atoms with E-state index in [4.69, 9.17) is 16.6 Å². The van der Waals surface area contributed by atoms with Gasteiger partial charge in [0.25, 0.3) is 0 Å². The predicted octanol–water partition coefficient (Wildman–Crippen LogP) is 5.01. The Labute approximate surface area is 286 Å². The summed E-state index contributed by atoms with van der Waals surface area (Å²) < 4.78 is 0. The Morgan fingerprint density at radius 1 is 1.07 bits per heavy atom. The van der Waals surface area contributed by atoms with Gasteiger partial charge in [-0.1, -0.05) is 84.8 Å². The molecule has 1 aromatic heterocycles. The van der Waals surface area contributed by atoms with Gasteiger partial charge in [-0.3, -0.25) is 0 Å². The summed E-state index contributed by atoms with van der Waals surface area (Å²) in [5.41, 5.74) is 5.01. The maximum atomic E-state index is 11.5. The largest absolute Gasteiger partial charge is 1.00 e. The van der Waals surface area contributed by atoms with Crippen LogP contribution in [0, 0.1) is 5.41 Å². The van der Waals surface area contributed by atoms with Crippen LogP contribution in [0.3, 0.4) is 0 Å². The summed E-state index contributed by atoms with van der Waals surface area (Å²) in [6.45, 7) is 3.65. The van der Waals surface area contributed by atoms with E-state index < -0.39 is 11.6 Å². The van der Waals surface area contributed by atoms with Crippen LogP contribution in [0.2, 0.25) is 5.02 Å². The maximum absolute atomic E-state index is 11.5. The summed E-state index contributed by atoms with van der Waals surface area (Å²) in [5.74, 6) is -0.162. The molecule has 7 heteroatoms. The fourth-order valence-electron chi connectivity index (χ4n) is 5.84. The Hall–Kier alpha value is -2.12. The van der Waals surface area contributed by atoms with E-state index in [1.165, 1.54) is 5.56 Å². The number of aliphatic hydroxyl groups is 1. The number of carbonyl (C=O) groups is 1. The van der Waals surface area contributed by atoms with Gasteiger partial charge >= 0.3 is 29.6 Å². The van der Waals surface area contributed by atoms with E-state index in [-0.39, 0.29) is 46.6 Å². The van der Waals surface area contributed by atoms with Crippen molar-refractivity contribution in [3.63, 3.8) is 0 Å². The second-order valence-corrected chi connectivity index (χ2v) is 13.7. The number of aliphatic carboxylic acids is 1. The Kier molecular flexibility index (Phi) is 11.6. The molecule has 1 N–H and O–H groups in total. The molecule has 1 atom stereocenters. The van der Waals surface area contributed by atoms with Crippen LogP contribution in [0.25, 0.3) is 23.1 Å². The van der Waals surface area contributed by atoms with E-state index in [0.29, 0.717) is 5.02 Å². The van der Waals surface area contributed by atoms with Gasteiger partial charge in [0.15, 0.2) is 0 Å². The molecular weight excluding hydrogens is 585 g/mol. The van der Waals surface area contributed by atoms with Crippen molar-refractivity contribution in [1.29, 1.82) is 0 Å². The molecule has 0 amide bonds. The molecule has 1 heterocycles. The van der Waals surface area contributed by atoms with Crippen LogP contribution < -0.4 is 34.7 Å². The molecule has 4 aromatic rings. The summed E-state index contributed by atoms with van der Waals surface area (Å²) >= 11 is 8.03. The van der Waals surface area contributed by atoms with Crippen LogP contribution in [0.5, 0.6) is 0 Å². The third-order valence-corrected chi connectivity index (χ3v) is 10.2. The van der Waals surface area contributed by atoms with Gasteiger partial charge < -0.3 is 15.0 Å². The van der Waals surface area contributed by atoms with Crippen LogP contribution >= 0.6 is 23.4 Å². The minimum Gasteiger partial charge on any atom is -0.550 e. The van der Waals surface area contributed by atoms with Crippen molar-refractivity contribution < 1.29 is 44.6 Å². The Morgan fingerprint density at radius 3 is 2.56 bits per heavy atom. The van der Waals surface area contributed by atoms with E-state index in [1.807, 2.05) is 74.1 Å². The maximum Gasteiger partial charge on any atom is 1.00 e. The molecule has 4 nitrogen and oxygen atoms in total. The van der Waals surface area contributed by atoms with Gasteiger partial charge in [0.05, 0.1) is 16.8 Å². The average Bonchev–Trinajstić information content (AvgIpc) is 2.94. The van der Waals surface area contributed by atoms with E-state index in [2.05, 4.69) is 42.5 Å². The van der Waals surface area contributed by atoms with E-state index in [0.717, 1.165) is 71.1 Å². The first-order chi connectivity index (χ1) is 20.1. The summed E-state index contributed by atoms with van der Waals surface area (Å²) in [7, 11) is 0. The Bertz CT molecular complexity index is 1600. The van der Waals surface area contributed by atoms with Crippen molar-refractivity contribution in [1.82, 2.24) is 4.98 Å². The molecule has 0 aliphatic heterocycles. The van der Waals surface area contributed by atoms with Crippen LogP contribution in [-0.4, -0.2) is 21.8 Å². The summed E-state index contributed by atoms with van der Waals surface area (Å²) in [6, 6.07) is 26.4. The minimum atomic E-state index is -0.956. The molecule has 218 valence electrons. The third kappa shape index (κ3) is 8.97. The van der Waals surface area contributed by atoms with Gasteiger partial charge in [-0.15, -0.1) is 0 Å². The van der Waals surface area contributed by atoms with Crippen molar-refractivity contribution in [3.05, 3.63) is 112 Å². The fourth-order valence-corrected chi connectivity index (χ4v) is 7.58. The number of carboxylic acids is 1. The number of halogens is 1. The van der Waals surface area contributed by atoms with Gasteiger partial charge in [0.1, 0.15) is 0 Å². The smallest absolute Gasteiger partial charge is 0.550 e. The predicted molar refractivity (Wildman–Crippen MR) is 173 cm³/mol. The molecule has 0 radical (unpaired) electrons. The summed E-state index contributed by atoms with van der Waals surface area (Å²) in [5, 5.41) is 24.2. The van der Waals surface area contributed by atoms with Crippen molar-refractivity contribution in [2.24, 2.45) is 5.41 Å². The van der Waals surface area contributed by atoms with Crippen LogP contribution in [-0.2, 0) is 16.8 Å². The van der Waals surface area contributed by atoms with E-state index in [1.54, 1.807) is 0 Å².